The highest BCUT2D eigenvalue weighted by molar-refractivity contribution is 7.99. The van der Waals surface area contributed by atoms with Gasteiger partial charge in [0.05, 0.1) is 23.9 Å². The van der Waals surface area contributed by atoms with Crippen LogP contribution in [0, 0.1) is 0 Å². The Balaban J connectivity index is 1.67. The van der Waals surface area contributed by atoms with Gasteiger partial charge in [-0.2, -0.15) is 0 Å². The lowest BCUT2D eigenvalue weighted by Gasteiger charge is -2.53. The fourth-order valence-corrected chi connectivity index (χ4v) is 12.8. The second-order valence-corrected chi connectivity index (χ2v) is 24.9. The van der Waals surface area contributed by atoms with Crippen molar-refractivity contribution in [3.05, 3.63) is 35.9 Å². The first-order chi connectivity index (χ1) is 47.1. The molecular weight excluding hydrogens is 1360 g/mol. The lowest BCUT2D eigenvalue weighted by atomic mass is 9.92. The molecule has 558 valence electrons. The number of nitrogens with one attached hydrogen (secondary N) is 1. The van der Waals surface area contributed by atoms with Crippen molar-refractivity contribution < 1.29 is 162 Å². The summed E-state index contributed by atoms with van der Waals surface area (Å²) in [6.45, 7) is 16.9. The monoisotopic (exact) mass is 1450 g/mol. The summed E-state index contributed by atoms with van der Waals surface area (Å²) in [6.07, 6.45) is -40.9. The molecule has 5 fully saturated rings. The van der Waals surface area contributed by atoms with Crippen LogP contribution in [-0.2, 0) is 157 Å². The smallest absolute Gasteiger partial charge is 0.338 e. The van der Waals surface area contributed by atoms with Crippen molar-refractivity contribution in [1.82, 2.24) is 5.32 Å². The molecule has 0 aliphatic carbocycles. The molecule has 0 spiro atoms. The summed E-state index contributed by atoms with van der Waals surface area (Å²) in [5.41, 5.74) is -1.19. The van der Waals surface area contributed by atoms with Crippen molar-refractivity contribution in [2.24, 2.45) is 0 Å². The third kappa shape index (κ3) is 22.4. The van der Waals surface area contributed by atoms with Crippen LogP contribution in [0.3, 0.4) is 0 Å². The van der Waals surface area contributed by atoms with Gasteiger partial charge in [0.2, 0.25) is 5.91 Å². The first kappa shape index (κ1) is 81.3. The molecule has 5 saturated heterocycles. The van der Waals surface area contributed by atoms with Crippen molar-refractivity contribution in [2.75, 3.05) is 19.0 Å². The number of carbonyl (C=O) groups is 13. The molecule has 25 atom stereocenters. The number of amides is 1. The minimum atomic E-state index is -2.19. The van der Waals surface area contributed by atoms with Gasteiger partial charge in [-0.05, 0) is 38.2 Å². The average Bonchev–Trinajstić information content (AvgIpc) is 0.755. The maximum atomic E-state index is 14.3. The van der Waals surface area contributed by atoms with Gasteiger partial charge in [0.25, 0.3) is 0 Å². The highest BCUT2D eigenvalue weighted by atomic mass is 32.2. The van der Waals surface area contributed by atoms with Crippen LogP contribution >= 0.6 is 11.8 Å². The van der Waals surface area contributed by atoms with Crippen molar-refractivity contribution in [3.63, 3.8) is 0 Å². The Morgan fingerprint density at radius 2 is 0.720 bits per heavy atom. The summed E-state index contributed by atoms with van der Waals surface area (Å²) in [5.74, 6) is -12.1. The fourth-order valence-electron chi connectivity index (χ4n) is 11.9. The molecule has 1 aromatic carbocycles. The minimum absolute atomic E-state index is 0.0449. The van der Waals surface area contributed by atoms with Crippen molar-refractivity contribution >= 4 is 89.3 Å². The number of carbonyl (C=O) groups excluding carboxylic acids is 13. The van der Waals surface area contributed by atoms with E-state index in [2.05, 4.69) is 5.32 Å². The van der Waals surface area contributed by atoms with Gasteiger partial charge in [0.1, 0.15) is 55.2 Å². The Kier molecular flexibility index (Phi) is 30.3. The molecule has 5 aliphatic heterocycles. The molecule has 0 aromatic heterocycles. The highest BCUT2D eigenvalue weighted by Gasteiger charge is 2.62. The topological polar surface area (TPSA) is 428 Å². The van der Waals surface area contributed by atoms with Crippen LogP contribution in [0.4, 0.5) is 0 Å². The van der Waals surface area contributed by atoms with E-state index in [0.29, 0.717) is 0 Å². The molecule has 6 rings (SSSR count). The molecule has 0 radical (unpaired) electrons. The van der Waals surface area contributed by atoms with E-state index in [1.54, 1.807) is 32.0 Å². The predicted octanol–water partition coefficient (Wildman–Crippen LogP) is 1.60. The Morgan fingerprint density at radius 1 is 0.360 bits per heavy atom. The van der Waals surface area contributed by atoms with E-state index in [4.69, 9.17) is 99.5 Å². The molecule has 36 heteroatoms. The lowest BCUT2D eigenvalue weighted by molar-refractivity contribution is -0.395. The summed E-state index contributed by atoms with van der Waals surface area (Å²) in [7, 11) is 0. The third-order valence-electron chi connectivity index (χ3n) is 15.4. The summed E-state index contributed by atoms with van der Waals surface area (Å²) < 4.78 is 130. The van der Waals surface area contributed by atoms with Gasteiger partial charge in [0, 0.05) is 83.1 Å². The van der Waals surface area contributed by atoms with Crippen LogP contribution in [0.2, 0.25) is 0 Å². The molecule has 1 amide bonds. The molecule has 5 heterocycles. The number of esters is 12. The average molecular weight is 1450 g/mol. The lowest BCUT2D eigenvalue weighted by Crippen LogP contribution is -2.71. The van der Waals surface area contributed by atoms with E-state index < -0.39 is 243 Å². The third-order valence-corrected chi connectivity index (χ3v) is 16.5. The molecule has 1 N–H and O–H groups in total. The van der Waals surface area contributed by atoms with Gasteiger partial charge in [0.15, 0.2) is 92.3 Å². The zero-order valence-electron chi connectivity index (χ0n) is 57.9. The zero-order chi connectivity index (χ0) is 74.1. The van der Waals surface area contributed by atoms with Gasteiger partial charge >= 0.3 is 71.6 Å². The Hall–Kier alpha value is -7.68. The summed E-state index contributed by atoms with van der Waals surface area (Å²) in [5, 5.41) is 2.76. The van der Waals surface area contributed by atoms with Crippen molar-refractivity contribution in [2.45, 2.75) is 270 Å². The second-order valence-electron chi connectivity index (χ2n) is 23.5. The largest absolute Gasteiger partial charge is 0.463 e. The van der Waals surface area contributed by atoms with Crippen LogP contribution in [0.5, 0.6) is 0 Å². The quantitative estimate of drug-likeness (QED) is 0.0965. The second kappa shape index (κ2) is 37.3. The standard InChI is InChI=1S/C64H87NO34S/c1-17-41-47(96-63-57(53(89-37(14)75)48(85-33(10)71)42(93-63)24-79-29(6)67)99-62-56(91-39(16)77)52(88-36(13)74)46(27(4)82-62)84-32(9)70)50(97-61-55(90-38(15)76)51(87-35(12)73)45(26(3)81-61)83-31(8)69)44(65-28(5)66)60(92-41)98-54-49(86-34(11)72)43(25-80-30(7)68)94-64(100-18-2)58(54)95-59(78)40-22-20-19-21-23-40/h19-23,26-27,41-58,60-64H,17-18,24-25H2,1-16H3,(H,65,66)/t26?,27?,41?,42?,43?,44?,45?,46-,47?,48?,49?,50+,51-,52?,53-,54-,55?,56+,57?,58?,60-,61-,62?,63-,64-/m0/s1. The summed E-state index contributed by atoms with van der Waals surface area (Å²) in [4.78, 5) is 172. The molecule has 0 saturated carbocycles. The molecule has 5 aliphatic rings. The predicted molar refractivity (Wildman–Crippen MR) is 329 cm³/mol. The van der Waals surface area contributed by atoms with E-state index >= 15 is 0 Å². The van der Waals surface area contributed by atoms with Crippen molar-refractivity contribution in [3.8, 4) is 0 Å². The molecule has 15 unspecified atom stereocenters. The van der Waals surface area contributed by atoms with E-state index in [1.807, 2.05) is 0 Å². The van der Waals surface area contributed by atoms with E-state index in [0.717, 1.165) is 94.8 Å². The van der Waals surface area contributed by atoms with E-state index in [1.165, 1.54) is 26.0 Å². The van der Waals surface area contributed by atoms with Crippen LogP contribution < -0.4 is 5.32 Å². The number of benzene rings is 1. The fraction of sp³-hybridized carbons (Fsp3) is 0.703. The minimum Gasteiger partial charge on any atom is -0.463 e. The maximum Gasteiger partial charge on any atom is 0.338 e. The molecular formula is C64H87NO34S. The van der Waals surface area contributed by atoms with Gasteiger partial charge < -0.3 is 105 Å². The van der Waals surface area contributed by atoms with Gasteiger partial charge in [-0.1, -0.05) is 32.0 Å². The van der Waals surface area contributed by atoms with Crippen LogP contribution in [0.15, 0.2) is 30.3 Å². The molecule has 35 nitrogen and oxygen atoms in total. The molecule has 0 bridgehead atoms. The summed E-state index contributed by atoms with van der Waals surface area (Å²) >= 11 is 1.10. The first-order valence-electron chi connectivity index (χ1n) is 32.0. The number of rotatable bonds is 27. The Morgan fingerprint density at radius 3 is 1.14 bits per heavy atom. The normalized spacial score (nSPS) is 34.0. The van der Waals surface area contributed by atoms with Gasteiger partial charge in [-0.25, -0.2) is 4.79 Å². The van der Waals surface area contributed by atoms with Crippen LogP contribution in [0.25, 0.3) is 0 Å². The van der Waals surface area contributed by atoms with Gasteiger partial charge in [-0.3, -0.25) is 57.5 Å². The van der Waals surface area contributed by atoms with Crippen LogP contribution in [-0.4, -0.2) is 249 Å². The number of hydrogen-bond donors (Lipinski definition) is 1. The summed E-state index contributed by atoms with van der Waals surface area (Å²) in [6, 6.07) is 5.81. The number of thioether (sulfide) groups is 1. The Bertz CT molecular complexity index is 3060. The SMILES string of the molecule is CCS[C@@H]1OC(COC(C)=O)C(OC(C)=O)[C@H](O[C@@H]2OC(CC)C(O[C@@H]3OC(COC(C)=O)C(OC(C)=O)[C@H](OC(C)=O)C3OC3OC(C)[C@H](OC(C)=O)C(OC(C)=O)[C@H]3OC(C)=O)[C@H](O[C@@H]3OC(C)C(OC(C)=O)[C@H](OC(C)=O)C3OC(C)=O)C2NC(C)=O)C1OC(=O)c1ccccc1. The molecule has 100 heavy (non-hydrogen) atoms. The van der Waals surface area contributed by atoms with Crippen molar-refractivity contribution in [1.29, 1.82) is 0 Å². The van der Waals surface area contributed by atoms with E-state index in [9.17, 15) is 62.3 Å². The maximum absolute atomic E-state index is 14.3. The number of hydrogen-bond acceptors (Lipinski definition) is 35. The zero-order valence-corrected chi connectivity index (χ0v) is 58.8. The first-order valence-corrected chi connectivity index (χ1v) is 33.0. The molecule has 1 aromatic rings. The highest BCUT2D eigenvalue weighted by Crippen LogP contribution is 2.42. The number of ether oxygens (including phenoxy) is 21. The van der Waals surface area contributed by atoms with Gasteiger partial charge in [-0.15, -0.1) is 11.8 Å². The van der Waals surface area contributed by atoms with Crippen LogP contribution in [0.1, 0.15) is 128 Å². The Labute approximate surface area is 579 Å². The van der Waals surface area contributed by atoms with E-state index in [-0.39, 0.29) is 17.7 Å².